The average Bonchev–Trinajstić information content (AvgIpc) is 2.99. The Morgan fingerprint density at radius 1 is 1.20 bits per heavy atom. The first-order valence-electron chi connectivity index (χ1n) is 7.99. The van der Waals surface area contributed by atoms with Gasteiger partial charge in [-0.25, -0.2) is 14.2 Å². The topological polar surface area (TPSA) is 88.1 Å². The van der Waals surface area contributed by atoms with Crippen LogP contribution in [0.1, 0.15) is 30.8 Å². The number of benzene rings is 1. The zero-order valence-corrected chi connectivity index (χ0v) is 14.3. The fraction of sp³-hybridized carbons (Fsp3) is 0.353. The van der Waals surface area contributed by atoms with Crippen molar-refractivity contribution >= 4 is 11.9 Å². The number of halogens is 1. The molecule has 0 bridgehead atoms. The van der Waals surface area contributed by atoms with Gasteiger partial charge in [0.15, 0.2) is 0 Å². The molecular formula is C17H22FN5O2. The summed E-state index contributed by atoms with van der Waals surface area (Å²) in [6.45, 7) is 2.36. The van der Waals surface area contributed by atoms with Crippen LogP contribution < -0.4 is 16.0 Å². The monoisotopic (exact) mass is 347 g/mol. The van der Waals surface area contributed by atoms with Gasteiger partial charge in [0.05, 0.1) is 0 Å². The highest BCUT2D eigenvalue weighted by Gasteiger charge is 2.20. The van der Waals surface area contributed by atoms with Crippen LogP contribution in [-0.2, 0) is 11.8 Å². The van der Waals surface area contributed by atoms with Crippen LogP contribution in [0, 0.1) is 5.82 Å². The molecule has 1 heterocycles. The van der Waals surface area contributed by atoms with Crippen molar-refractivity contribution < 1.29 is 14.0 Å². The van der Waals surface area contributed by atoms with Crippen molar-refractivity contribution in [1.29, 1.82) is 0 Å². The Morgan fingerprint density at radius 3 is 2.48 bits per heavy atom. The minimum Gasteiger partial charge on any atom is -0.356 e. The molecule has 0 spiro atoms. The number of hydrogen-bond donors (Lipinski definition) is 3. The standard InChI is InChI=1S/C17H22FN5O2/c1-12(24)19-8-3-9-21-17(25)22-15(16-20-10-11-23(16)2)13-4-6-14(18)7-5-13/h4-7,10-11,15H,3,8-9H2,1-2H3,(H,19,24)(H2,21,22,25)/t15-/m0/s1. The normalized spacial score (nSPS) is 11.6. The van der Waals surface area contributed by atoms with E-state index in [9.17, 15) is 14.0 Å². The molecule has 1 aromatic carbocycles. The molecule has 3 amide bonds. The van der Waals surface area contributed by atoms with E-state index in [1.165, 1.54) is 19.1 Å². The summed E-state index contributed by atoms with van der Waals surface area (Å²) in [5.41, 5.74) is 0.726. The minimum atomic E-state index is -0.504. The molecule has 2 rings (SSSR count). The van der Waals surface area contributed by atoms with Gasteiger partial charge in [-0.05, 0) is 24.1 Å². The van der Waals surface area contributed by atoms with Crippen molar-refractivity contribution in [2.24, 2.45) is 7.05 Å². The highest BCUT2D eigenvalue weighted by molar-refractivity contribution is 5.75. The molecule has 0 fully saturated rings. The average molecular weight is 347 g/mol. The summed E-state index contributed by atoms with van der Waals surface area (Å²) in [5.74, 6) is 0.195. The SMILES string of the molecule is CC(=O)NCCCNC(=O)N[C@@H](c1ccc(F)cc1)c1nccn1C. The van der Waals surface area contributed by atoms with Gasteiger partial charge in [0, 0.05) is 39.5 Å². The lowest BCUT2D eigenvalue weighted by Gasteiger charge is -2.19. The molecule has 134 valence electrons. The predicted molar refractivity (Wildman–Crippen MR) is 91.3 cm³/mol. The zero-order valence-electron chi connectivity index (χ0n) is 14.3. The molecule has 0 aliphatic heterocycles. The van der Waals surface area contributed by atoms with Gasteiger partial charge in [-0.3, -0.25) is 4.79 Å². The lowest BCUT2D eigenvalue weighted by molar-refractivity contribution is -0.118. The van der Waals surface area contributed by atoms with Crippen molar-refractivity contribution in [3.8, 4) is 0 Å². The maximum atomic E-state index is 13.2. The van der Waals surface area contributed by atoms with Crippen LogP contribution in [0.25, 0.3) is 0 Å². The second kappa shape index (κ2) is 8.81. The highest BCUT2D eigenvalue weighted by atomic mass is 19.1. The van der Waals surface area contributed by atoms with E-state index in [0.717, 1.165) is 5.56 Å². The third kappa shape index (κ3) is 5.59. The fourth-order valence-electron chi connectivity index (χ4n) is 2.34. The Morgan fingerprint density at radius 2 is 1.88 bits per heavy atom. The molecular weight excluding hydrogens is 325 g/mol. The molecule has 1 atom stereocenters. The number of nitrogens with zero attached hydrogens (tertiary/aromatic N) is 2. The van der Waals surface area contributed by atoms with Crippen LogP contribution in [0.2, 0.25) is 0 Å². The number of nitrogens with one attached hydrogen (secondary N) is 3. The maximum Gasteiger partial charge on any atom is 0.315 e. The van der Waals surface area contributed by atoms with E-state index in [2.05, 4.69) is 20.9 Å². The second-order valence-electron chi connectivity index (χ2n) is 5.62. The van der Waals surface area contributed by atoms with E-state index in [1.807, 2.05) is 7.05 Å². The summed E-state index contributed by atoms with van der Waals surface area (Å²) in [4.78, 5) is 27.2. The molecule has 25 heavy (non-hydrogen) atoms. The number of carbonyl (C=O) groups is 2. The van der Waals surface area contributed by atoms with Gasteiger partial charge in [-0.2, -0.15) is 0 Å². The van der Waals surface area contributed by atoms with Crippen LogP contribution in [0.15, 0.2) is 36.7 Å². The van der Waals surface area contributed by atoms with Crippen molar-refractivity contribution in [2.75, 3.05) is 13.1 Å². The van der Waals surface area contributed by atoms with E-state index >= 15 is 0 Å². The second-order valence-corrected chi connectivity index (χ2v) is 5.62. The molecule has 2 aromatic rings. The molecule has 1 aromatic heterocycles. The summed E-state index contributed by atoms with van der Waals surface area (Å²) in [5, 5.41) is 8.25. The summed E-state index contributed by atoms with van der Waals surface area (Å²) >= 11 is 0. The van der Waals surface area contributed by atoms with Gasteiger partial charge in [-0.1, -0.05) is 12.1 Å². The van der Waals surface area contributed by atoms with Crippen molar-refractivity contribution in [1.82, 2.24) is 25.5 Å². The Bertz CT molecular complexity index is 714. The van der Waals surface area contributed by atoms with Gasteiger partial charge in [0.2, 0.25) is 5.91 Å². The largest absolute Gasteiger partial charge is 0.356 e. The Hall–Kier alpha value is -2.90. The Balaban J connectivity index is 1.99. The maximum absolute atomic E-state index is 13.2. The summed E-state index contributed by atoms with van der Waals surface area (Å²) in [6, 6.07) is 5.06. The minimum absolute atomic E-state index is 0.101. The third-order valence-corrected chi connectivity index (χ3v) is 3.61. The lowest BCUT2D eigenvalue weighted by Crippen LogP contribution is -2.40. The smallest absolute Gasteiger partial charge is 0.315 e. The number of carbonyl (C=O) groups excluding carboxylic acids is 2. The van der Waals surface area contributed by atoms with E-state index in [4.69, 9.17) is 0 Å². The first-order valence-corrected chi connectivity index (χ1v) is 7.99. The van der Waals surface area contributed by atoms with Crippen LogP contribution in [0.3, 0.4) is 0 Å². The van der Waals surface area contributed by atoms with E-state index in [1.54, 1.807) is 29.1 Å². The first-order chi connectivity index (χ1) is 12.0. The van der Waals surface area contributed by atoms with Gasteiger partial charge < -0.3 is 20.5 Å². The number of imidazole rings is 1. The van der Waals surface area contributed by atoms with Gasteiger partial charge >= 0.3 is 6.03 Å². The molecule has 0 saturated heterocycles. The van der Waals surface area contributed by atoms with Crippen LogP contribution in [0.5, 0.6) is 0 Å². The van der Waals surface area contributed by atoms with Crippen LogP contribution >= 0.6 is 0 Å². The number of urea groups is 1. The van der Waals surface area contributed by atoms with Crippen LogP contribution in [0.4, 0.5) is 9.18 Å². The van der Waals surface area contributed by atoms with E-state index in [0.29, 0.717) is 25.3 Å². The van der Waals surface area contributed by atoms with Crippen LogP contribution in [-0.4, -0.2) is 34.6 Å². The van der Waals surface area contributed by atoms with Crippen molar-refractivity contribution in [2.45, 2.75) is 19.4 Å². The predicted octanol–water partition coefficient (Wildman–Crippen LogP) is 1.47. The van der Waals surface area contributed by atoms with Crippen molar-refractivity contribution in [3.63, 3.8) is 0 Å². The first kappa shape index (κ1) is 18.4. The Kier molecular flexibility index (Phi) is 6.50. The van der Waals surface area contributed by atoms with Crippen molar-refractivity contribution in [3.05, 3.63) is 53.9 Å². The van der Waals surface area contributed by atoms with E-state index < -0.39 is 6.04 Å². The molecule has 8 heteroatoms. The molecule has 0 saturated carbocycles. The number of aromatic nitrogens is 2. The molecule has 7 nitrogen and oxygen atoms in total. The highest BCUT2D eigenvalue weighted by Crippen LogP contribution is 2.20. The van der Waals surface area contributed by atoms with Gasteiger partial charge in [0.25, 0.3) is 0 Å². The summed E-state index contributed by atoms with van der Waals surface area (Å²) in [6.07, 6.45) is 4.04. The van der Waals surface area contributed by atoms with Gasteiger partial charge in [-0.15, -0.1) is 0 Å². The van der Waals surface area contributed by atoms with E-state index in [-0.39, 0.29) is 17.8 Å². The quantitative estimate of drug-likeness (QED) is 0.663. The molecule has 3 N–H and O–H groups in total. The Labute approximate surface area is 145 Å². The van der Waals surface area contributed by atoms with Gasteiger partial charge in [0.1, 0.15) is 17.7 Å². The number of rotatable bonds is 7. The molecule has 0 radical (unpaired) electrons. The number of amides is 3. The molecule has 0 aliphatic rings. The summed E-state index contributed by atoms with van der Waals surface area (Å²) < 4.78 is 15.0. The zero-order chi connectivity index (χ0) is 18.2. The fourth-order valence-corrected chi connectivity index (χ4v) is 2.34. The molecule has 0 unspecified atom stereocenters. The number of aryl methyl sites for hydroxylation is 1. The summed E-state index contributed by atoms with van der Waals surface area (Å²) in [7, 11) is 1.83. The molecule has 0 aliphatic carbocycles. The number of hydrogen-bond acceptors (Lipinski definition) is 3. The lowest BCUT2D eigenvalue weighted by atomic mass is 10.1. The third-order valence-electron chi connectivity index (χ3n) is 3.61.